The van der Waals surface area contributed by atoms with E-state index in [-0.39, 0.29) is 5.69 Å². The fourth-order valence-corrected chi connectivity index (χ4v) is 5.56. The van der Waals surface area contributed by atoms with Crippen LogP contribution in [-0.2, 0) is 12.6 Å². The van der Waals surface area contributed by atoms with Gasteiger partial charge in [-0.1, -0.05) is 74.6 Å². The molecule has 38 heavy (non-hydrogen) atoms. The molecule has 0 amide bonds. The summed E-state index contributed by atoms with van der Waals surface area (Å²) in [6.07, 6.45) is 5.44. The lowest BCUT2D eigenvalue weighted by molar-refractivity contribution is -0.138. The molecule has 0 bridgehead atoms. The molecule has 0 aliphatic carbocycles. The summed E-state index contributed by atoms with van der Waals surface area (Å²) < 4.78 is 58.9. The number of hydrogen-bond acceptors (Lipinski definition) is 5. The summed E-state index contributed by atoms with van der Waals surface area (Å²) in [5.41, 5.74) is 1.86. The summed E-state index contributed by atoms with van der Waals surface area (Å²) in [5, 5.41) is 0.00283. The third kappa shape index (κ3) is 7.57. The number of pyridine rings is 1. The van der Waals surface area contributed by atoms with Gasteiger partial charge in [-0.3, -0.25) is 4.98 Å². The molecule has 0 saturated heterocycles. The maximum absolute atomic E-state index is 14.3. The van der Waals surface area contributed by atoms with Crippen molar-refractivity contribution in [3.8, 4) is 22.4 Å². The van der Waals surface area contributed by atoms with Gasteiger partial charge in [-0.25, -0.2) is 4.98 Å². The first-order valence-corrected chi connectivity index (χ1v) is 14.3. The molecule has 0 unspecified atom stereocenters. The van der Waals surface area contributed by atoms with E-state index in [1.54, 1.807) is 48.8 Å². The first-order chi connectivity index (χ1) is 18.3. The van der Waals surface area contributed by atoms with Crippen molar-refractivity contribution in [2.75, 3.05) is 4.72 Å². The van der Waals surface area contributed by atoms with E-state index in [2.05, 4.69) is 21.6 Å². The van der Waals surface area contributed by atoms with E-state index in [4.69, 9.17) is 0 Å². The van der Waals surface area contributed by atoms with Crippen molar-refractivity contribution in [3.05, 3.63) is 83.2 Å². The fraction of sp³-hybridized carbons (Fsp3) is 0.310. The minimum Gasteiger partial charge on any atom is -0.301 e. The highest BCUT2D eigenvalue weighted by Crippen LogP contribution is 2.37. The standard InChI is InChI=1S/C29H29F4N3S2/c1-2-3-4-5-6-7-9-21-11-12-22(18-25(21)29(31,32)33)20-13-15-24(16-14-20)38-36-28-35-26(27(30)37-28)23-10-8-17-34-19-23/h8,10-19H,2-7,9H2,1H3,(H,35,36). The molecule has 0 fully saturated rings. The molecular weight excluding hydrogens is 530 g/mol. The van der Waals surface area contributed by atoms with Crippen LogP contribution < -0.4 is 4.72 Å². The maximum atomic E-state index is 14.3. The molecule has 2 aromatic carbocycles. The zero-order valence-electron chi connectivity index (χ0n) is 21.0. The van der Waals surface area contributed by atoms with Crippen LogP contribution in [0.2, 0.25) is 0 Å². The SMILES string of the molecule is CCCCCCCCc1ccc(-c2ccc(SNc3nc(-c4cccnc4)c(F)s3)cc2)cc1C(F)(F)F. The van der Waals surface area contributed by atoms with Crippen LogP contribution in [0.1, 0.15) is 56.6 Å². The highest BCUT2D eigenvalue weighted by atomic mass is 32.2. The minimum absolute atomic E-state index is 0.238. The highest BCUT2D eigenvalue weighted by molar-refractivity contribution is 8.00. The van der Waals surface area contributed by atoms with Crippen LogP contribution in [0.25, 0.3) is 22.4 Å². The van der Waals surface area contributed by atoms with Gasteiger partial charge in [0, 0.05) is 22.9 Å². The summed E-state index contributed by atoms with van der Waals surface area (Å²) in [4.78, 5) is 9.13. The molecule has 1 N–H and O–H groups in total. The predicted octanol–water partition coefficient (Wildman–Crippen LogP) is 10.1. The number of alkyl halides is 3. The highest BCUT2D eigenvalue weighted by Gasteiger charge is 2.33. The number of benzene rings is 2. The van der Waals surface area contributed by atoms with Crippen LogP contribution >= 0.6 is 23.3 Å². The van der Waals surface area contributed by atoms with Gasteiger partial charge >= 0.3 is 6.18 Å². The van der Waals surface area contributed by atoms with Gasteiger partial charge in [0.15, 0.2) is 5.13 Å². The molecule has 0 spiro atoms. The van der Waals surface area contributed by atoms with Gasteiger partial charge in [-0.2, -0.15) is 17.6 Å². The third-order valence-electron chi connectivity index (χ3n) is 6.18. The number of aryl methyl sites for hydroxylation is 1. The van der Waals surface area contributed by atoms with E-state index in [0.29, 0.717) is 33.8 Å². The lowest BCUT2D eigenvalue weighted by Crippen LogP contribution is -2.09. The average molecular weight is 560 g/mol. The van der Waals surface area contributed by atoms with Crippen molar-refractivity contribution >= 4 is 28.4 Å². The van der Waals surface area contributed by atoms with Gasteiger partial charge in [0.25, 0.3) is 0 Å². The van der Waals surface area contributed by atoms with Crippen LogP contribution in [-0.4, -0.2) is 9.97 Å². The van der Waals surface area contributed by atoms with Crippen LogP contribution in [0.5, 0.6) is 0 Å². The van der Waals surface area contributed by atoms with Gasteiger partial charge < -0.3 is 4.72 Å². The smallest absolute Gasteiger partial charge is 0.301 e. The van der Waals surface area contributed by atoms with Gasteiger partial charge in [0.05, 0.1) is 5.56 Å². The third-order valence-corrected chi connectivity index (χ3v) is 7.87. The molecule has 4 aromatic rings. The predicted molar refractivity (Wildman–Crippen MR) is 149 cm³/mol. The second-order valence-corrected chi connectivity index (χ2v) is 10.8. The fourth-order valence-electron chi connectivity index (χ4n) is 4.18. The van der Waals surface area contributed by atoms with Crippen molar-refractivity contribution in [1.29, 1.82) is 0 Å². The van der Waals surface area contributed by atoms with Crippen LogP contribution in [0, 0.1) is 5.13 Å². The van der Waals surface area contributed by atoms with Crippen LogP contribution in [0.4, 0.5) is 22.7 Å². The summed E-state index contributed by atoms with van der Waals surface area (Å²) in [6, 6.07) is 15.3. The first-order valence-electron chi connectivity index (χ1n) is 12.7. The molecule has 2 heterocycles. The Kier molecular flexibility index (Phi) is 9.80. The Morgan fingerprint density at radius 3 is 2.34 bits per heavy atom. The van der Waals surface area contributed by atoms with E-state index < -0.39 is 16.9 Å². The first kappa shape index (κ1) is 28.1. The second kappa shape index (κ2) is 13.2. The number of aromatic nitrogens is 2. The lowest BCUT2D eigenvalue weighted by Gasteiger charge is -2.15. The van der Waals surface area contributed by atoms with E-state index >= 15 is 0 Å². The molecule has 0 aliphatic rings. The number of nitrogens with one attached hydrogen (secondary N) is 1. The monoisotopic (exact) mass is 559 g/mol. The minimum atomic E-state index is -4.40. The van der Waals surface area contributed by atoms with E-state index in [1.807, 2.05) is 12.1 Å². The number of hydrogen-bond donors (Lipinski definition) is 1. The molecule has 0 saturated carbocycles. The molecule has 0 atom stereocenters. The van der Waals surface area contributed by atoms with Crippen LogP contribution in [0.3, 0.4) is 0 Å². The van der Waals surface area contributed by atoms with Crippen molar-refractivity contribution < 1.29 is 17.6 Å². The number of rotatable bonds is 12. The average Bonchev–Trinajstić information content (AvgIpc) is 3.30. The quantitative estimate of drug-likeness (QED) is 0.106. The molecule has 0 aliphatic heterocycles. The summed E-state index contributed by atoms with van der Waals surface area (Å²) in [6.45, 7) is 2.14. The maximum Gasteiger partial charge on any atom is 0.416 e. The summed E-state index contributed by atoms with van der Waals surface area (Å²) in [5.74, 6) is 0. The van der Waals surface area contributed by atoms with Gasteiger partial charge in [0.1, 0.15) is 5.69 Å². The summed E-state index contributed by atoms with van der Waals surface area (Å²) >= 11 is 2.16. The van der Waals surface area contributed by atoms with Gasteiger partial charge in [-0.05, 0) is 71.8 Å². The van der Waals surface area contributed by atoms with E-state index in [9.17, 15) is 17.6 Å². The number of halogens is 4. The Morgan fingerprint density at radius 1 is 0.895 bits per heavy atom. The second-order valence-electron chi connectivity index (χ2n) is 9.00. The Labute approximate surface area is 228 Å². The van der Waals surface area contributed by atoms with Crippen molar-refractivity contribution in [2.24, 2.45) is 0 Å². The molecular formula is C29H29F4N3S2. The van der Waals surface area contributed by atoms with Gasteiger partial charge in [-0.15, -0.1) is 0 Å². The van der Waals surface area contributed by atoms with Gasteiger partial charge in [0.2, 0.25) is 5.13 Å². The largest absolute Gasteiger partial charge is 0.416 e. The molecule has 200 valence electrons. The number of unbranched alkanes of at least 4 members (excludes halogenated alkanes) is 5. The number of anilines is 1. The molecule has 4 rings (SSSR count). The Hall–Kier alpha value is -2.91. The Balaban J connectivity index is 1.40. The van der Waals surface area contributed by atoms with E-state index in [1.165, 1.54) is 24.4 Å². The zero-order chi connectivity index (χ0) is 27.0. The summed E-state index contributed by atoms with van der Waals surface area (Å²) in [7, 11) is 0. The molecule has 3 nitrogen and oxygen atoms in total. The molecule has 9 heteroatoms. The number of thiazole rings is 1. The zero-order valence-corrected chi connectivity index (χ0v) is 22.7. The van der Waals surface area contributed by atoms with Crippen molar-refractivity contribution in [1.82, 2.24) is 9.97 Å². The van der Waals surface area contributed by atoms with Crippen molar-refractivity contribution in [3.63, 3.8) is 0 Å². The number of nitrogens with zero attached hydrogens (tertiary/aromatic N) is 2. The topological polar surface area (TPSA) is 37.8 Å². The van der Waals surface area contributed by atoms with Crippen LogP contribution in [0.15, 0.2) is 71.9 Å². The lowest BCUT2D eigenvalue weighted by atomic mass is 9.95. The van der Waals surface area contributed by atoms with E-state index in [0.717, 1.165) is 48.3 Å². The normalized spacial score (nSPS) is 11.6. The Morgan fingerprint density at radius 2 is 1.63 bits per heavy atom. The molecule has 2 aromatic heterocycles. The molecule has 0 radical (unpaired) electrons. The van der Waals surface area contributed by atoms with Crippen molar-refractivity contribution in [2.45, 2.75) is 62.9 Å². The Bertz CT molecular complexity index is 1310.